The molecule has 1 aliphatic heterocycles. The van der Waals surface area contributed by atoms with Crippen LogP contribution in [0.5, 0.6) is 0 Å². The first-order valence-electron chi connectivity index (χ1n) is 5.71. The summed E-state index contributed by atoms with van der Waals surface area (Å²) in [6, 6.07) is 0.461. The maximum atomic E-state index is 10.6. The van der Waals surface area contributed by atoms with Crippen molar-refractivity contribution in [1.29, 1.82) is 0 Å². The van der Waals surface area contributed by atoms with E-state index in [1.54, 1.807) is 0 Å². The summed E-state index contributed by atoms with van der Waals surface area (Å²) in [5.74, 6) is -0.243. The molecule has 2 atom stereocenters. The molecule has 1 amide bonds. The Labute approximate surface area is 91.5 Å². The van der Waals surface area contributed by atoms with E-state index < -0.39 is 0 Å². The molecule has 0 aliphatic carbocycles. The molecule has 15 heavy (non-hydrogen) atoms. The monoisotopic (exact) mass is 214 g/mol. The second-order valence-corrected chi connectivity index (χ2v) is 4.51. The SMILES string of the molecule is CCC1(C)CC(NCCC(N)=O)CCO1. The van der Waals surface area contributed by atoms with E-state index in [1.165, 1.54) is 0 Å². The molecular weight excluding hydrogens is 192 g/mol. The summed E-state index contributed by atoms with van der Waals surface area (Å²) >= 11 is 0. The van der Waals surface area contributed by atoms with Gasteiger partial charge in [-0.05, 0) is 26.2 Å². The molecule has 4 heteroatoms. The lowest BCUT2D eigenvalue weighted by molar-refractivity contribution is -0.118. The van der Waals surface area contributed by atoms with Crippen LogP contribution in [-0.4, -0.2) is 30.7 Å². The normalized spacial score (nSPS) is 31.5. The van der Waals surface area contributed by atoms with Crippen LogP contribution in [-0.2, 0) is 9.53 Å². The summed E-state index contributed by atoms with van der Waals surface area (Å²) in [6.07, 6.45) is 3.48. The van der Waals surface area contributed by atoms with Crippen LogP contribution < -0.4 is 11.1 Å². The molecule has 1 aliphatic rings. The molecule has 1 saturated heterocycles. The summed E-state index contributed by atoms with van der Waals surface area (Å²) in [4.78, 5) is 10.6. The van der Waals surface area contributed by atoms with Crippen molar-refractivity contribution in [3.05, 3.63) is 0 Å². The Morgan fingerprint density at radius 3 is 3.00 bits per heavy atom. The lowest BCUT2D eigenvalue weighted by Gasteiger charge is -2.38. The van der Waals surface area contributed by atoms with Crippen LogP contribution >= 0.6 is 0 Å². The van der Waals surface area contributed by atoms with Gasteiger partial charge < -0.3 is 15.8 Å². The topological polar surface area (TPSA) is 64.3 Å². The van der Waals surface area contributed by atoms with E-state index in [4.69, 9.17) is 10.5 Å². The number of primary amides is 1. The maximum absolute atomic E-state index is 10.6. The largest absolute Gasteiger partial charge is 0.375 e. The number of nitrogens with one attached hydrogen (secondary N) is 1. The first-order valence-corrected chi connectivity index (χ1v) is 5.71. The van der Waals surface area contributed by atoms with Crippen molar-refractivity contribution < 1.29 is 9.53 Å². The number of carbonyl (C=O) groups excluding carboxylic acids is 1. The summed E-state index contributed by atoms with van der Waals surface area (Å²) in [6.45, 7) is 5.78. The van der Waals surface area contributed by atoms with Gasteiger partial charge in [-0.25, -0.2) is 0 Å². The molecule has 0 bridgehead atoms. The number of nitrogens with two attached hydrogens (primary N) is 1. The third kappa shape index (κ3) is 4.18. The molecule has 0 spiro atoms. The first-order chi connectivity index (χ1) is 7.06. The molecule has 0 aromatic carbocycles. The molecule has 1 rings (SSSR count). The third-order valence-electron chi connectivity index (χ3n) is 3.15. The van der Waals surface area contributed by atoms with Crippen molar-refractivity contribution in [3.8, 4) is 0 Å². The lowest BCUT2D eigenvalue weighted by atomic mass is 9.90. The molecule has 1 fully saturated rings. The summed E-state index contributed by atoms with van der Waals surface area (Å²) < 4.78 is 5.74. The van der Waals surface area contributed by atoms with Gasteiger partial charge in [0.05, 0.1) is 5.60 Å². The Kier molecular flexibility index (Phi) is 4.54. The minimum Gasteiger partial charge on any atom is -0.375 e. The number of carbonyl (C=O) groups is 1. The van der Waals surface area contributed by atoms with E-state index in [2.05, 4.69) is 19.2 Å². The van der Waals surface area contributed by atoms with Gasteiger partial charge in [0, 0.05) is 25.6 Å². The fourth-order valence-corrected chi connectivity index (χ4v) is 1.95. The van der Waals surface area contributed by atoms with Crippen LogP contribution in [0.25, 0.3) is 0 Å². The highest BCUT2D eigenvalue weighted by Crippen LogP contribution is 2.27. The number of ether oxygens (including phenoxy) is 1. The predicted octanol–water partition coefficient (Wildman–Crippen LogP) is 0.799. The Bertz CT molecular complexity index is 221. The van der Waals surface area contributed by atoms with E-state index in [-0.39, 0.29) is 11.5 Å². The Morgan fingerprint density at radius 2 is 2.40 bits per heavy atom. The van der Waals surface area contributed by atoms with Crippen molar-refractivity contribution in [1.82, 2.24) is 5.32 Å². The van der Waals surface area contributed by atoms with Crippen molar-refractivity contribution in [2.75, 3.05) is 13.2 Å². The van der Waals surface area contributed by atoms with E-state index in [0.29, 0.717) is 19.0 Å². The average molecular weight is 214 g/mol. The van der Waals surface area contributed by atoms with E-state index in [9.17, 15) is 4.79 Å². The highest BCUT2D eigenvalue weighted by Gasteiger charge is 2.31. The first kappa shape index (κ1) is 12.5. The van der Waals surface area contributed by atoms with E-state index in [0.717, 1.165) is 25.9 Å². The van der Waals surface area contributed by atoms with Crippen molar-refractivity contribution in [2.45, 2.75) is 51.2 Å². The van der Waals surface area contributed by atoms with E-state index in [1.807, 2.05) is 0 Å². The summed E-state index contributed by atoms with van der Waals surface area (Å²) in [7, 11) is 0. The Morgan fingerprint density at radius 1 is 1.67 bits per heavy atom. The third-order valence-corrected chi connectivity index (χ3v) is 3.15. The average Bonchev–Trinajstić information content (AvgIpc) is 2.17. The van der Waals surface area contributed by atoms with Crippen molar-refractivity contribution in [2.24, 2.45) is 5.73 Å². The second kappa shape index (κ2) is 5.47. The zero-order valence-electron chi connectivity index (χ0n) is 9.71. The number of amides is 1. The number of hydrogen-bond acceptors (Lipinski definition) is 3. The lowest BCUT2D eigenvalue weighted by Crippen LogP contribution is -2.45. The van der Waals surface area contributed by atoms with Gasteiger partial charge >= 0.3 is 0 Å². The smallest absolute Gasteiger partial charge is 0.218 e. The van der Waals surface area contributed by atoms with Crippen LogP contribution in [0.15, 0.2) is 0 Å². The summed E-state index contributed by atoms with van der Waals surface area (Å²) in [5.41, 5.74) is 5.09. The van der Waals surface area contributed by atoms with E-state index >= 15 is 0 Å². The fraction of sp³-hybridized carbons (Fsp3) is 0.909. The molecule has 0 aromatic heterocycles. The van der Waals surface area contributed by atoms with Gasteiger partial charge in [-0.2, -0.15) is 0 Å². The minimum absolute atomic E-state index is 0.00262. The minimum atomic E-state index is -0.243. The molecule has 4 nitrogen and oxygen atoms in total. The molecule has 2 unspecified atom stereocenters. The molecule has 0 aromatic rings. The Balaban J connectivity index is 2.27. The Hall–Kier alpha value is -0.610. The van der Waals surface area contributed by atoms with Gasteiger partial charge in [-0.1, -0.05) is 6.92 Å². The molecule has 88 valence electrons. The van der Waals surface area contributed by atoms with Crippen LogP contribution in [0.2, 0.25) is 0 Å². The van der Waals surface area contributed by atoms with Gasteiger partial charge in [0.1, 0.15) is 0 Å². The number of hydrogen-bond donors (Lipinski definition) is 2. The number of rotatable bonds is 5. The van der Waals surface area contributed by atoms with Crippen molar-refractivity contribution >= 4 is 5.91 Å². The van der Waals surface area contributed by atoms with Crippen LogP contribution in [0.4, 0.5) is 0 Å². The van der Waals surface area contributed by atoms with Crippen molar-refractivity contribution in [3.63, 3.8) is 0 Å². The summed E-state index contributed by atoms with van der Waals surface area (Å²) in [5, 5.41) is 3.36. The van der Waals surface area contributed by atoms with Crippen LogP contribution in [0.1, 0.15) is 39.5 Å². The molecule has 0 radical (unpaired) electrons. The zero-order chi connectivity index (χ0) is 11.3. The standard InChI is InChI=1S/C11H22N2O2/c1-3-11(2)8-9(5-7-15-11)13-6-4-10(12)14/h9,13H,3-8H2,1-2H3,(H2,12,14). The van der Waals surface area contributed by atoms with Gasteiger partial charge in [-0.15, -0.1) is 0 Å². The molecule has 3 N–H and O–H groups in total. The highest BCUT2D eigenvalue weighted by atomic mass is 16.5. The van der Waals surface area contributed by atoms with Gasteiger partial charge in [-0.3, -0.25) is 4.79 Å². The van der Waals surface area contributed by atoms with Crippen LogP contribution in [0, 0.1) is 0 Å². The van der Waals surface area contributed by atoms with Crippen LogP contribution in [0.3, 0.4) is 0 Å². The molecule has 1 heterocycles. The molecular formula is C11H22N2O2. The second-order valence-electron chi connectivity index (χ2n) is 4.51. The quantitative estimate of drug-likeness (QED) is 0.711. The highest BCUT2D eigenvalue weighted by molar-refractivity contribution is 5.73. The van der Waals surface area contributed by atoms with Gasteiger partial charge in [0.25, 0.3) is 0 Å². The zero-order valence-corrected chi connectivity index (χ0v) is 9.71. The molecule has 0 saturated carbocycles. The maximum Gasteiger partial charge on any atom is 0.218 e. The predicted molar refractivity (Wildman–Crippen MR) is 59.5 cm³/mol. The van der Waals surface area contributed by atoms with Gasteiger partial charge in [0.15, 0.2) is 0 Å². The van der Waals surface area contributed by atoms with Gasteiger partial charge in [0.2, 0.25) is 5.91 Å². The fourth-order valence-electron chi connectivity index (χ4n) is 1.95.